The van der Waals surface area contributed by atoms with Gasteiger partial charge >= 0.3 is 0 Å². The van der Waals surface area contributed by atoms with E-state index in [4.69, 9.17) is 7.85 Å². The lowest BCUT2D eigenvalue weighted by atomic mass is 9.99. The first kappa shape index (κ1) is 13.6. The lowest BCUT2D eigenvalue weighted by Gasteiger charge is -2.16. The van der Waals surface area contributed by atoms with E-state index in [1.54, 1.807) is 10.8 Å². The molecule has 3 nitrogen and oxygen atoms in total. The third-order valence-corrected chi connectivity index (χ3v) is 3.76. The molecule has 1 aromatic carbocycles. The molecule has 2 radical (unpaired) electrons. The van der Waals surface area contributed by atoms with Crippen molar-refractivity contribution in [3.8, 4) is 5.69 Å². The summed E-state index contributed by atoms with van der Waals surface area (Å²) in [6.07, 6.45) is 2.00. The number of pyridine rings is 2. The number of aromatic nitrogens is 2. The van der Waals surface area contributed by atoms with Crippen LogP contribution in [0.2, 0.25) is 0 Å². The van der Waals surface area contributed by atoms with E-state index in [1.807, 2.05) is 50.2 Å². The molecule has 0 bridgehead atoms. The summed E-state index contributed by atoms with van der Waals surface area (Å²) in [7, 11) is 5.85. The Morgan fingerprint density at radius 1 is 1.14 bits per heavy atom. The van der Waals surface area contributed by atoms with Crippen molar-refractivity contribution < 1.29 is 0 Å². The summed E-state index contributed by atoms with van der Waals surface area (Å²) in [5, 5.41) is 0.651. The fourth-order valence-corrected chi connectivity index (χ4v) is 2.66. The zero-order valence-corrected chi connectivity index (χ0v) is 12.1. The molecule has 102 valence electrons. The number of hydrogen-bond acceptors (Lipinski definition) is 2. The Morgan fingerprint density at radius 3 is 2.62 bits per heavy atom. The minimum atomic E-state index is -0.0622. The zero-order chi connectivity index (χ0) is 15.0. The van der Waals surface area contributed by atoms with E-state index in [-0.39, 0.29) is 11.9 Å². The monoisotopic (exact) mass is 274 g/mol. The molecule has 4 heteroatoms. The summed E-state index contributed by atoms with van der Waals surface area (Å²) in [4.78, 5) is 17.2. The van der Waals surface area contributed by atoms with E-state index in [0.29, 0.717) is 10.9 Å². The molecule has 0 N–H and O–H groups in total. The van der Waals surface area contributed by atoms with Gasteiger partial charge in [-0.2, -0.15) is 0 Å². The molecule has 0 fully saturated rings. The topological polar surface area (TPSA) is 34.9 Å². The first-order valence-corrected chi connectivity index (χ1v) is 6.90. The fraction of sp³-hybridized carbons (Fsp3) is 0.176. The molecule has 0 saturated heterocycles. The van der Waals surface area contributed by atoms with Crippen LogP contribution in [0.5, 0.6) is 0 Å². The van der Waals surface area contributed by atoms with Gasteiger partial charge in [-0.1, -0.05) is 18.2 Å². The minimum absolute atomic E-state index is 0.0622. The number of aryl methyl sites for hydroxylation is 2. The maximum absolute atomic E-state index is 12.9. The highest BCUT2D eigenvalue weighted by molar-refractivity contribution is 6.08. The van der Waals surface area contributed by atoms with Crippen molar-refractivity contribution in [3.63, 3.8) is 0 Å². The molecule has 0 unspecified atom stereocenters. The van der Waals surface area contributed by atoms with Crippen molar-refractivity contribution in [2.24, 2.45) is 0 Å². The molecule has 0 aliphatic heterocycles. The van der Waals surface area contributed by atoms with Gasteiger partial charge in [0.15, 0.2) is 0 Å². The van der Waals surface area contributed by atoms with Crippen LogP contribution in [0.15, 0.2) is 47.4 Å². The van der Waals surface area contributed by atoms with Crippen LogP contribution in [0.3, 0.4) is 0 Å². The van der Waals surface area contributed by atoms with Gasteiger partial charge in [0.1, 0.15) is 0 Å². The largest absolute Gasteiger partial charge is 0.281 e. The Kier molecular flexibility index (Phi) is 3.38. The van der Waals surface area contributed by atoms with Crippen LogP contribution in [0.4, 0.5) is 0 Å². The smallest absolute Gasteiger partial charge is 0.265 e. The second-order valence-electron chi connectivity index (χ2n) is 5.15. The number of fused-ring (bicyclic) bond motifs is 1. The molecular formula is C17H15BN2O. The van der Waals surface area contributed by atoms with Crippen molar-refractivity contribution in [1.29, 1.82) is 0 Å². The van der Waals surface area contributed by atoms with E-state index < -0.39 is 0 Å². The summed E-state index contributed by atoms with van der Waals surface area (Å²) in [5.41, 5.74) is 4.23. The molecule has 0 atom stereocenters. The Labute approximate surface area is 124 Å². The zero-order valence-electron chi connectivity index (χ0n) is 12.1. The number of rotatable bonds is 2. The normalized spacial score (nSPS) is 11.0. The maximum atomic E-state index is 12.9. The summed E-state index contributed by atoms with van der Waals surface area (Å²) in [6.45, 7) is 3.91. The van der Waals surface area contributed by atoms with Gasteiger partial charge in [-0.3, -0.25) is 14.3 Å². The number of nitrogens with zero attached hydrogens (tertiary/aromatic N) is 2. The third kappa shape index (κ3) is 2.17. The summed E-state index contributed by atoms with van der Waals surface area (Å²) < 4.78 is 1.70. The number of para-hydroxylation sites is 1. The highest BCUT2D eigenvalue weighted by atomic mass is 16.1. The third-order valence-electron chi connectivity index (χ3n) is 3.76. The maximum Gasteiger partial charge on any atom is 0.265 e. The van der Waals surface area contributed by atoms with Gasteiger partial charge in [-0.15, -0.1) is 0 Å². The van der Waals surface area contributed by atoms with Crippen LogP contribution < -0.4 is 5.56 Å². The van der Waals surface area contributed by atoms with Gasteiger partial charge in [0.2, 0.25) is 0 Å². The highest BCUT2D eigenvalue weighted by Gasteiger charge is 2.13. The second-order valence-corrected chi connectivity index (χ2v) is 5.15. The van der Waals surface area contributed by atoms with Crippen LogP contribution >= 0.6 is 0 Å². The first-order chi connectivity index (χ1) is 10.1. The molecule has 2 heterocycles. The predicted octanol–water partition coefficient (Wildman–Crippen LogP) is 2.67. The summed E-state index contributed by atoms with van der Waals surface area (Å²) in [6, 6.07) is 11.6. The highest BCUT2D eigenvalue weighted by Crippen LogP contribution is 2.19. The number of hydrogen-bond donors (Lipinski definition) is 0. The molecule has 0 spiro atoms. The van der Waals surface area contributed by atoms with Crippen LogP contribution in [0.1, 0.15) is 16.8 Å². The van der Waals surface area contributed by atoms with E-state index in [1.165, 1.54) is 0 Å². The van der Waals surface area contributed by atoms with Crippen molar-refractivity contribution >= 4 is 18.7 Å². The Hall–Kier alpha value is -2.36. The second kappa shape index (κ2) is 5.21. The molecule has 0 aliphatic carbocycles. The van der Waals surface area contributed by atoms with Crippen molar-refractivity contribution in [3.05, 3.63) is 69.8 Å². The lowest BCUT2D eigenvalue weighted by Crippen LogP contribution is -2.24. The van der Waals surface area contributed by atoms with Crippen molar-refractivity contribution in [2.45, 2.75) is 20.2 Å². The van der Waals surface area contributed by atoms with E-state index in [2.05, 4.69) is 4.98 Å². The van der Waals surface area contributed by atoms with Gasteiger partial charge in [0, 0.05) is 11.9 Å². The van der Waals surface area contributed by atoms with Gasteiger partial charge in [-0.05, 0) is 49.5 Å². The molecule has 0 aliphatic rings. The quantitative estimate of drug-likeness (QED) is 0.673. The first-order valence-electron chi connectivity index (χ1n) is 6.90. The average molecular weight is 274 g/mol. The minimum Gasteiger partial charge on any atom is -0.281 e. The van der Waals surface area contributed by atoms with E-state index in [9.17, 15) is 4.79 Å². The van der Waals surface area contributed by atoms with Gasteiger partial charge in [-0.25, -0.2) is 0 Å². The molecule has 21 heavy (non-hydrogen) atoms. The number of benzene rings is 1. The lowest BCUT2D eigenvalue weighted by molar-refractivity contribution is 0.925. The standard InChI is InChI=1S/C17H15BN2O/c1-11-5-3-4-6-15(11)20-13(10-18)9-14-16(17(20)21)12(2)7-8-19-14/h3-9H,10H2,1-2H3. The Morgan fingerprint density at radius 2 is 1.90 bits per heavy atom. The Bertz CT molecular complexity index is 884. The Balaban J connectivity index is 2.48. The molecule has 3 aromatic rings. The molecular weight excluding hydrogens is 259 g/mol. The predicted molar refractivity (Wildman–Crippen MR) is 86.3 cm³/mol. The summed E-state index contributed by atoms with van der Waals surface area (Å²) in [5.74, 6) is 0. The van der Waals surface area contributed by atoms with Crippen LogP contribution in [-0.2, 0) is 6.32 Å². The molecule has 3 rings (SSSR count). The molecule has 0 saturated carbocycles. The van der Waals surface area contributed by atoms with Gasteiger partial charge in [0.05, 0.1) is 24.4 Å². The van der Waals surface area contributed by atoms with Crippen molar-refractivity contribution in [1.82, 2.24) is 9.55 Å². The SMILES string of the molecule is [B]Cc1cc2nccc(C)c2c(=O)n1-c1ccccc1C. The fourth-order valence-electron chi connectivity index (χ4n) is 2.66. The van der Waals surface area contributed by atoms with Gasteiger partial charge in [0.25, 0.3) is 5.56 Å². The van der Waals surface area contributed by atoms with Crippen LogP contribution in [0.25, 0.3) is 16.6 Å². The van der Waals surface area contributed by atoms with E-state index in [0.717, 1.165) is 22.5 Å². The molecule has 2 aromatic heterocycles. The van der Waals surface area contributed by atoms with E-state index >= 15 is 0 Å². The van der Waals surface area contributed by atoms with Crippen LogP contribution in [-0.4, -0.2) is 17.4 Å². The summed E-state index contributed by atoms with van der Waals surface area (Å²) >= 11 is 0. The van der Waals surface area contributed by atoms with Gasteiger partial charge < -0.3 is 0 Å². The average Bonchev–Trinajstić information content (AvgIpc) is 2.48. The molecule has 0 amide bonds. The van der Waals surface area contributed by atoms with Crippen LogP contribution in [0, 0.1) is 13.8 Å². The van der Waals surface area contributed by atoms with Crippen molar-refractivity contribution in [2.75, 3.05) is 0 Å².